The number of benzene rings is 2. The van der Waals surface area contributed by atoms with Crippen LogP contribution in [0.5, 0.6) is 0 Å². The Hall–Kier alpha value is -3.81. The highest BCUT2D eigenvalue weighted by atomic mass is 19.4. The first-order valence-corrected chi connectivity index (χ1v) is 14.7. The number of rotatable bonds is 7. The molecule has 3 heterocycles. The van der Waals surface area contributed by atoms with Crippen LogP contribution in [0.3, 0.4) is 0 Å². The Balaban J connectivity index is 1.11. The molecule has 5 nitrogen and oxygen atoms in total. The second-order valence-corrected chi connectivity index (χ2v) is 11.5. The van der Waals surface area contributed by atoms with Gasteiger partial charge in [0.1, 0.15) is 5.82 Å². The van der Waals surface area contributed by atoms with Crippen LogP contribution in [0.1, 0.15) is 50.5 Å². The van der Waals surface area contributed by atoms with Crippen molar-refractivity contribution in [1.82, 2.24) is 14.8 Å². The molecule has 4 aromatic rings. The molecule has 2 aliphatic rings. The van der Waals surface area contributed by atoms with Crippen molar-refractivity contribution in [2.45, 2.75) is 57.2 Å². The van der Waals surface area contributed by atoms with E-state index >= 15 is 0 Å². The van der Waals surface area contributed by atoms with Crippen LogP contribution < -0.4 is 10.2 Å². The smallest absolute Gasteiger partial charge is 0.371 e. The van der Waals surface area contributed by atoms with E-state index in [0.717, 1.165) is 60.7 Å². The number of aromatic nitrogens is 3. The molecule has 2 aromatic heterocycles. The summed E-state index contributed by atoms with van der Waals surface area (Å²) in [7, 11) is 0. The SMILES string of the molecule is FC(F)(F)c1ccc(N2CCC[C@H](C[C@@H]3CCCC[C@H]3Nc3cc(-c4cccc(-n5cccn5)c4)ccn3)C2)cc1. The summed E-state index contributed by atoms with van der Waals surface area (Å²) >= 11 is 0. The van der Waals surface area contributed by atoms with Crippen molar-refractivity contribution in [3.63, 3.8) is 0 Å². The molecule has 0 amide bonds. The van der Waals surface area contributed by atoms with E-state index in [1.807, 2.05) is 35.3 Å². The Morgan fingerprint density at radius 1 is 0.829 bits per heavy atom. The number of nitrogens with zero attached hydrogens (tertiary/aromatic N) is 4. The normalized spacial score (nSPS) is 21.5. The molecule has 0 radical (unpaired) electrons. The molecule has 214 valence electrons. The lowest BCUT2D eigenvalue weighted by Gasteiger charge is -2.39. The first-order valence-electron chi connectivity index (χ1n) is 14.7. The number of halogens is 3. The van der Waals surface area contributed by atoms with E-state index in [0.29, 0.717) is 17.9 Å². The van der Waals surface area contributed by atoms with Gasteiger partial charge in [0.15, 0.2) is 0 Å². The van der Waals surface area contributed by atoms with Crippen molar-refractivity contribution in [2.24, 2.45) is 11.8 Å². The Morgan fingerprint density at radius 2 is 1.66 bits per heavy atom. The average Bonchev–Trinajstić information content (AvgIpc) is 3.54. The first kappa shape index (κ1) is 27.4. The lowest BCUT2D eigenvalue weighted by molar-refractivity contribution is -0.137. The second kappa shape index (κ2) is 12.0. The maximum atomic E-state index is 13.0. The molecule has 2 aromatic carbocycles. The fourth-order valence-corrected chi connectivity index (χ4v) is 6.59. The van der Waals surface area contributed by atoms with Crippen LogP contribution in [0.15, 0.2) is 85.3 Å². The van der Waals surface area contributed by atoms with Crippen LogP contribution in [0.25, 0.3) is 16.8 Å². The summed E-state index contributed by atoms with van der Waals surface area (Å²) in [5.74, 6) is 1.98. The van der Waals surface area contributed by atoms with Crippen LogP contribution in [-0.4, -0.2) is 33.9 Å². The zero-order chi connectivity index (χ0) is 28.2. The first-order chi connectivity index (χ1) is 19.9. The monoisotopic (exact) mass is 559 g/mol. The number of alkyl halides is 3. The van der Waals surface area contributed by atoms with E-state index < -0.39 is 11.7 Å². The number of pyridine rings is 1. The summed E-state index contributed by atoms with van der Waals surface area (Å²) in [4.78, 5) is 6.94. The van der Waals surface area contributed by atoms with Crippen molar-refractivity contribution in [2.75, 3.05) is 23.3 Å². The van der Waals surface area contributed by atoms with E-state index in [1.54, 1.807) is 18.3 Å². The van der Waals surface area contributed by atoms with Crippen LogP contribution in [-0.2, 0) is 6.18 Å². The number of anilines is 2. The molecule has 1 aliphatic heterocycles. The van der Waals surface area contributed by atoms with Gasteiger partial charge >= 0.3 is 6.18 Å². The molecule has 2 fully saturated rings. The van der Waals surface area contributed by atoms with Gasteiger partial charge in [-0.15, -0.1) is 0 Å². The molecule has 0 bridgehead atoms. The van der Waals surface area contributed by atoms with Crippen LogP contribution in [0.2, 0.25) is 0 Å². The predicted octanol–water partition coefficient (Wildman–Crippen LogP) is 8.23. The molecule has 8 heteroatoms. The minimum atomic E-state index is -4.30. The Bertz CT molecular complexity index is 1420. The third-order valence-corrected chi connectivity index (χ3v) is 8.67. The molecular weight excluding hydrogens is 523 g/mol. The quantitative estimate of drug-likeness (QED) is 0.248. The minimum absolute atomic E-state index is 0.364. The standard InChI is InChI=1S/C33H36F3N5/c34-33(35,36)28-11-13-29(14-12-28)40-18-4-6-24(23-40)20-27-7-1-2-10-31(27)39-32-22-26(15-17-37-32)25-8-3-9-30(21-25)41-19-5-16-38-41/h3,5,8-9,11-17,19,21-22,24,27,31H,1-2,4,6-7,10,18,20,23H2,(H,37,39)/t24-,27+,31-/m1/s1. The molecule has 1 saturated carbocycles. The lowest BCUT2D eigenvalue weighted by Crippen LogP contribution is -2.39. The van der Waals surface area contributed by atoms with Gasteiger partial charge in [-0.05, 0) is 110 Å². The lowest BCUT2D eigenvalue weighted by atomic mass is 9.77. The molecule has 1 saturated heterocycles. The number of hydrogen-bond donors (Lipinski definition) is 1. The molecule has 0 spiro atoms. The van der Waals surface area contributed by atoms with E-state index in [4.69, 9.17) is 0 Å². The van der Waals surface area contributed by atoms with Gasteiger partial charge < -0.3 is 10.2 Å². The van der Waals surface area contributed by atoms with Crippen molar-refractivity contribution in [3.8, 4) is 16.8 Å². The molecule has 0 unspecified atom stereocenters. The molecular formula is C33H36F3N5. The van der Waals surface area contributed by atoms with Gasteiger partial charge in [-0.25, -0.2) is 9.67 Å². The van der Waals surface area contributed by atoms with Crippen LogP contribution >= 0.6 is 0 Å². The Morgan fingerprint density at radius 3 is 2.46 bits per heavy atom. The average molecular weight is 560 g/mol. The predicted molar refractivity (Wildman–Crippen MR) is 157 cm³/mol. The Labute approximate surface area is 239 Å². The summed E-state index contributed by atoms with van der Waals surface area (Å²) in [6, 6.07) is 20.5. The summed E-state index contributed by atoms with van der Waals surface area (Å²) in [5, 5.41) is 8.14. The van der Waals surface area contributed by atoms with Gasteiger partial charge in [-0.3, -0.25) is 0 Å². The molecule has 1 aliphatic carbocycles. The highest BCUT2D eigenvalue weighted by molar-refractivity contribution is 5.68. The van der Waals surface area contributed by atoms with Gasteiger partial charge in [0.2, 0.25) is 0 Å². The number of piperidine rings is 1. The largest absolute Gasteiger partial charge is 0.416 e. The van der Waals surface area contributed by atoms with Crippen LogP contribution in [0, 0.1) is 11.8 Å². The highest BCUT2D eigenvalue weighted by Crippen LogP contribution is 2.36. The molecule has 1 N–H and O–H groups in total. The third-order valence-electron chi connectivity index (χ3n) is 8.67. The van der Waals surface area contributed by atoms with E-state index in [-0.39, 0.29) is 0 Å². The number of hydrogen-bond acceptors (Lipinski definition) is 4. The summed E-state index contributed by atoms with van der Waals surface area (Å²) < 4.78 is 40.9. The van der Waals surface area contributed by atoms with E-state index in [1.165, 1.54) is 37.8 Å². The van der Waals surface area contributed by atoms with Gasteiger partial charge in [0, 0.05) is 43.4 Å². The second-order valence-electron chi connectivity index (χ2n) is 11.5. The van der Waals surface area contributed by atoms with Crippen molar-refractivity contribution < 1.29 is 13.2 Å². The Kier molecular flexibility index (Phi) is 7.99. The van der Waals surface area contributed by atoms with Crippen molar-refractivity contribution in [3.05, 3.63) is 90.9 Å². The van der Waals surface area contributed by atoms with Gasteiger partial charge in [-0.2, -0.15) is 18.3 Å². The summed E-state index contributed by atoms with van der Waals surface area (Å²) in [5.41, 5.74) is 3.55. The van der Waals surface area contributed by atoms with Gasteiger partial charge in [0.25, 0.3) is 0 Å². The van der Waals surface area contributed by atoms with Gasteiger partial charge in [-0.1, -0.05) is 25.0 Å². The van der Waals surface area contributed by atoms with Crippen molar-refractivity contribution >= 4 is 11.5 Å². The maximum Gasteiger partial charge on any atom is 0.416 e. The zero-order valence-corrected chi connectivity index (χ0v) is 23.1. The van der Waals surface area contributed by atoms with E-state index in [2.05, 4.69) is 44.6 Å². The third kappa shape index (κ3) is 6.58. The maximum absolute atomic E-state index is 13.0. The minimum Gasteiger partial charge on any atom is -0.371 e. The highest BCUT2D eigenvalue weighted by Gasteiger charge is 2.32. The van der Waals surface area contributed by atoms with E-state index in [9.17, 15) is 13.2 Å². The fourth-order valence-electron chi connectivity index (χ4n) is 6.59. The molecule has 3 atom stereocenters. The topological polar surface area (TPSA) is 46.0 Å². The fraction of sp³-hybridized carbons (Fsp3) is 0.394. The summed E-state index contributed by atoms with van der Waals surface area (Å²) in [6.07, 6.45) is 9.43. The van der Waals surface area contributed by atoms with Crippen molar-refractivity contribution in [1.29, 1.82) is 0 Å². The van der Waals surface area contributed by atoms with Gasteiger partial charge in [0.05, 0.1) is 11.3 Å². The van der Waals surface area contributed by atoms with Crippen LogP contribution in [0.4, 0.5) is 24.7 Å². The molecule has 41 heavy (non-hydrogen) atoms. The molecule has 6 rings (SSSR count). The summed E-state index contributed by atoms with van der Waals surface area (Å²) in [6.45, 7) is 1.79. The number of nitrogens with one attached hydrogen (secondary N) is 1. The zero-order valence-electron chi connectivity index (χ0n) is 23.1.